The molecule has 1 heterocycles. The van der Waals surface area contributed by atoms with Gasteiger partial charge in [0.25, 0.3) is 0 Å². The highest BCUT2D eigenvalue weighted by Crippen LogP contribution is 2.21. The smallest absolute Gasteiger partial charge is 0.184 e. The second kappa shape index (κ2) is 3.12. The van der Waals surface area contributed by atoms with Crippen LogP contribution in [0.3, 0.4) is 0 Å². The molecule has 1 aromatic heterocycles. The van der Waals surface area contributed by atoms with E-state index in [4.69, 9.17) is 11.6 Å². The van der Waals surface area contributed by atoms with Crippen LogP contribution >= 0.6 is 22.9 Å². The summed E-state index contributed by atoms with van der Waals surface area (Å²) in [7, 11) is 0. The largest absolute Gasteiger partial charge is 0.296 e. The van der Waals surface area contributed by atoms with Crippen LogP contribution in [0.15, 0.2) is 0 Å². The van der Waals surface area contributed by atoms with Crippen molar-refractivity contribution in [2.75, 3.05) is 0 Å². The van der Waals surface area contributed by atoms with E-state index in [0.29, 0.717) is 10.2 Å². The summed E-state index contributed by atoms with van der Waals surface area (Å²) in [5, 5.41) is 0. The molecule has 0 saturated heterocycles. The molecule has 0 amide bonds. The zero-order chi connectivity index (χ0) is 7.56. The average Bonchev–Trinajstić information content (AvgIpc) is 2.30. The molecule has 0 aromatic carbocycles. The normalized spacial score (nSPS) is 9.80. The van der Waals surface area contributed by atoms with E-state index in [2.05, 4.69) is 4.98 Å². The van der Waals surface area contributed by atoms with Crippen LogP contribution in [-0.2, 0) is 6.42 Å². The van der Waals surface area contributed by atoms with E-state index in [0.717, 1.165) is 17.6 Å². The summed E-state index contributed by atoms with van der Waals surface area (Å²) in [6.45, 7) is 1.97. The monoisotopic (exact) mass is 175 g/mol. The standard InChI is InChI=1S/C6H6ClNOS/c1-2-5-4(3-9)8-6(7)10-5/h3H,2H2,1H3. The van der Waals surface area contributed by atoms with E-state index in [1.54, 1.807) is 0 Å². The fourth-order valence-corrected chi connectivity index (χ4v) is 1.74. The first-order valence-electron chi connectivity index (χ1n) is 2.88. The molecule has 10 heavy (non-hydrogen) atoms. The van der Waals surface area contributed by atoms with Crippen molar-refractivity contribution in [3.63, 3.8) is 0 Å². The first-order valence-corrected chi connectivity index (χ1v) is 4.07. The molecule has 0 spiro atoms. The van der Waals surface area contributed by atoms with Gasteiger partial charge in [0.2, 0.25) is 0 Å². The molecular formula is C6H6ClNOS. The Morgan fingerprint density at radius 3 is 2.90 bits per heavy atom. The number of aldehydes is 1. The predicted molar refractivity (Wildman–Crippen MR) is 41.9 cm³/mol. The lowest BCUT2D eigenvalue weighted by atomic mass is 10.3. The lowest BCUT2D eigenvalue weighted by Crippen LogP contribution is -1.84. The van der Waals surface area contributed by atoms with Crippen LogP contribution in [0.4, 0.5) is 0 Å². The predicted octanol–water partition coefficient (Wildman–Crippen LogP) is 2.17. The second-order valence-electron chi connectivity index (χ2n) is 1.75. The molecule has 1 aromatic rings. The van der Waals surface area contributed by atoms with Crippen molar-refractivity contribution in [3.8, 4) is 0 Å². The fraction of sp³-hybridized carbons (Fsp3) is 0.333. The van der Waals surface area contributed by atoms with Crippen LogP contribution in [0.1, 0.15) is 22.3 Å². The molecule has 0 unspecified atom stereocenters. The molecule has 0 saturated carbocycles. The topological polar surface area (TPSA) is 30.0 Å². The van der Waals surface area contributed by atoms with Gasteiger partial charge in [-0.15, -0.1) is 11.3 Å². The van der Waals surface area contributed by atoms with Gasteiger partial charge in [-0.05, 0) is 6.42 Å². The van der Waals surface area contributed by atoms with Gasteiger partial charge in [0.15, 0.2) is 10.8 Å². The molecule has 1 rings (SSSR count). The molecule has 0 fully saturated rings. The van der Waals surface area contributed by atoms with Crippen molar-refractivity contribution in [2.24, 2.45) is 0 Å². The molecule has 54 valence electrons. The lowest BCUT2D eigenvalue weighted by molar-refractivity contribution is 0.111. The van der Waals surface area contributed by atoms with Gasteiger partial charge < -0.3 is 0 Å². The van der Waals surface area contributed by atoms with Gasteiger partial charge in [0, 0.05) is 4.88 Å². The van der Waals surface area contributed by atoms with Crippen LogP contribution in [0, 0.1) is 0 Å². The molecular weight excluding hydrogens is 170 g/mol. The number of hydrogen-bond donors (Lipinski definition) is 0. The molecule has 0 radical (unpaired) electrons. The van der Waals surface area contributed by atoms with E-state index in [-0.39, 0.29) is 0 Å². The summed E-state index contributed by atoms with van der Waals surface area (Å²) in [5.41, 5.74) is 0.484. The maximum atomic E-state index is 10.3. The van der Waals surface area contributed by atoms with Gasteiger partial charge in [0.05, 0.1) is 0 Å². The Hall–Kier alpha value is -0.410. The number of aromatic nitrogens is 1. The highest BCUT2D eigenvalue weighted by atomic mass is 35.5. The Morgan fingerprint density at radius 2 is 2.50 bits per heavy atom. The summed E-state index contributed by atoms with van der Waals surface area (Å²) >= 11 is 6.93. The molecule has 0 atom stereocenters. The quantitative estimate of drug-likeness (QED) is 0.645. The Morgan fingerprint density at radius 1 is 1.80 bits per heavy atom. The van der Waals surface area contributed by atoms with Crippen molar-refractivity contribution in [3.05, 3.63) is 15.0 Å². The van der Waals surface area contributed by atoms with Crippen molar-refractivity contribution in [1.82, 2.24) is 4.98 Å². The fourth-order valence-electron chi connectivity index (χ4n) is 0.679. The summed E-state index contributed by atoms with van der Waals surface area (Å²) in [5.74, 6) is 0. The maximum Gasteiger partial charge on any atom is 0.184 e. The van der Waals surface area contributed by atoms with E-state index in [1.807, 2.05) is 6.92 Å². The molecule has 0 N–H and O–H groups in total. The Balaban J connectivity index is 3.08. The average molecular weight is 176 g/mol. The SMILES string of the molecule is CCc1sc(Cl)nc1C=O. The van der Waals surface area contributed by atoms with Gasteiger partial charge >= 0.3 is 0 Å². The lowest BCUT2D eigenvalue weighted by Gasteiger charge is -1.84. The number of carbonyl (C=O) groups is 1. The number of nitrogens with zero attached hydrogens (tertiary/aromatic N) is 1. The number of carbonyl (C=O) groups excluding carboxylic acids is 1. The van der Waals surface area contributed by atoms with Crippen LogP contribution in [0.2, 0.25) is 4.47 Å². The first-order chi connectivity index (χ1) is 4.77. The number of aryl methyl sites for hydroxylation is 1. The molecule has 0 aliphatic carbocycles. The van der Waals surface area contributed by atoms with Crippen LogP contribution in [-0.4, -0.2) is 11.3 Å². The van der Waals surface area contributed by atoms with Crippen molar-refractivity contribution in [2.45, 2.75) is 13.3 Å². The Kier molecular flexibility index (Phi) is 2.40. The summed E-state index contributed by atoms with van der Waals surface area (Å²) < 4.78 is 0.443. The summed E-state index contributed by atoms with van der Waals surface area (Å²) in [4.78, 5) is 15.1. The molecule has 2 nitrogen and oxygen atoms in total. The van der Waals surface area contributed by atoms with E-state index >= 15 is 0 Å². The van der Waals surface area contributed by atoms with Gasteiger partial charge in [0.1, 0.15) is 5.69 Å². The van der Waals surface area contributed by atoms with Crippen LogP contribution in [0.25, 0.3) is 0 Å². The number of hydrogen-bond acceptors (Lipinski definition) is 3. The zero-order valence-corrected chi connectivity index (χ0v) is 7.00. The summed E-state index contributed by atoms with van der Waals surface area (Å²) in [6.07, 6.45) is 1.56. The number of rotatable bonds is 2. The zero-order valence-electron chi connectivity index (χ0n) is 5.43. The third-order valence-electron chi connectivity index (χ3n) is 1.13. The minimum Gasteiger partial charge on any atom is -0.296 e. The van der Waals surface area contributed by atoms with Crippen LogP contribution in [0.5, 0.6) is 0 Å². The number of thiazole rings is 1. The molecule has 0 aliphatic heterocycles. The van der Waals surface area contributed by atoms with E-state index in [9.17, 15) is 4.79 Å². The second-order valence-corrected chi connectivity index (χ2v) is 3.41. The van der Waals surface area contributed by atoms with E-state index in [1.165, 1.54) is 11.3 Å². The summed E-state index contributed by atoms with van der Waals surface area (Å²) in [6, 6.07) is 0. The van der Waals surface area contributed by atoms with E-state index < -0.39 is 0 Å². The highest BCUT2D eigenvalue weighted by molar-refractivity contribution is 7.16. The van der Waals surface area contributed by atoms with Gasteiger partial charge in [-0.2, -0.15) is 0 Å². The first kappa shape index (κ1) is 7.69. The molecule has 4 heteroatoms. The number of halogens is 1. The van der Waals surface area contributed by atoms with Gasteiger partial charge in [-0.25, -0.2) is 4.98 Å². The highest BCUT2D eigenvalue weighted by Gasteiger charge is 2.05. The molecule has 0 aliphatic rings. The minimum absolute atomic E-state index is 0.443. The Bertz CT molecular complexity index is 246. The van der Waals surface area contributed by atoms with Gasteiger partial charge in [-0.1, -0.05) is 18.5 Å². The van der Waals surface area contributed by atoms with Crippen molar-refractivity contribution in [1.29, 1.82) is 0 Å². The molecule has 0 bridgehead atoms. The Labute approximate surface area is 67.9 Å². The minimum atomic E-state index is 0.443. The van der Waals surface area contributed by atoms with Crippen molar-refractivity contribution < 1.29 is 4.79 Å². The van der Waals surface area contributed by atoms with Crippen LogP contribution < -0.4 is 0 Å². The third-order valence-corrected chi connectivity index (χ3v) is 2.45. The van der Waals surface area contributed by atoms with Crippen molar-refractivity contribution >= 4 is 29.2 Å². The van der Waals surface area contributed by atoms with Gasteiger partial charge in [-0.3, -0.25) is 4.79 Å². The third kappa shape index (κ3) is 1.36. The maximum absolute atomic E-state index is 10.3.